The van der Waals surface area contributed by atoms with Crippen molar-refractivity contribution in [2.75, 3.05) is 40.3 Å². The van der Waals surface area contributed by atoms with Crippen LogP contribution in [0.2, 0.25) is 0 Å². The van der Waals surface area contributed by atoms with Gasteiger partial charge in [0.05, 0.1) is 12.7 Å². The van der Waals surface area contributed by atoms with Crippen molar-refractivity contribution < 1.29 is 4.74 Å². The van der Waals surface area contributed by atoms with Gasteiger partial charge in [0.25, 0.3) is 0 Å². The van der Waals surface area contributed by atoms with Crippen molar-refractivity contribution in [1.29, 1.82) is 0 Å². The second-order valence-corrected chi connectivity index (χ2v) is 4.45. The van der Waals surface area contributed by atoms with Crippen molar-refractivity contribution in [1.82, 2.24) is 15.5 Å². The average Bonchev–Trinajstić information content (AvgIpc) is 2.77. The summed E-state index contributed by atoms with van der Waals surface area (Å²) >= 11 is 0. The molecular formula is C11H23IN4O. The molecule has 0 saturated carbocycles. The van der Waals surface area contributed by atoms with E-state index in [4.69, 9.17) is 4.74 Å². The topological polar surface area (TPSA) is 48.9 Å². The summed E-state index contributed by atoms with van der Waals surface area (Å²) in [6, 6.07) is 0.680. The SMILES string of the molecule is CN=C(NC)NCC1CN2CCCC2CO1.I. The maximum atomic E-state index is 5.84. The molecule has 2 aliphatic rings. The van der Waals surface area contributed by atoms with Gasteiger partial charge in [-0.05, 0) is 19.4 Å². The molecule has 0 aromatic rings. The highest BCUT2D eigenvalue weighted by Crippen LogP contribution is 2.22. The third-order valence-electron chi connectivity index (χ3n) is 3.42. The fraction of sp³-hybridized carbons (Fsp3) is 0.909. The molecule has 2 aliphatic heterocycles. The Labute approximate surface area is 120 Å². The number of nitrogens with one attached hydrogen (secondary N) is 2. The Bertz CT molecular complexity index is 262. The summed E-state index contributed by atoms with van der Waals surface area (Å²) in [5.74, 6) is 0.826. The minimum Gasteiger partial charge on any atom is -0.373 e. The Morgan fingerprint density at radius 1 is 1.53 bits per heavy atom. The maximum Gasteiger partial charge on any atom is 0.190 e. The normalized spacial score (nSPS) is 29.4. The van der Waals surface area contributed by atoms with Crippen LogP contribution < -0.4 is 10.6 Å². The largest absolute Gasteiger partial charge is 0.373 e. The molecular weight excluding hydrogens is 331 g/mol. The van der Waals surface area contributed by atoms with E-state index in [1.165, 1.54) is 19.4 Å². The summed E-state index contributed by atoms with van der Waals surface area (Å²) in [4.78, 5) is 6.64. The van der Waals surface area contributed by atoms with Gasteiger partial charge < -0.3 is 15.4 Å². The molecule has 0 radical (unpaired) electrons. The molecule has 0 bridgehead atoms. The summed E-state index contributed by atoms with van der Waals surface area (Å²) in [7, 11) is 3.64. The van der Waals surface area contributed by atoms with Gasteiger partial charge in [-0.1, -0.05) is 0 Å². The van der Waals surface area contributed by atoms with Crippen LogP contribution in [0, 0.1) is 0 Å². The van der Waals surface area contributed by atoms with Crippen LogP contribution in [0.25, 0.3) is 0 Å². The van der Waals surface area contributed by atoms with Gasteiger partial charge >= 0.3 is 0 Å². The van der Waals surface area contributed by atoms with E-state index >= 15 is 0 Å². The first-order valence-electron chi connectivity index (χ1n) is 6.07. The zero-order chi connectivity index (χ0) is 11.4. The molecule has 2 rings (SSSR count). The number of nitrogens with zero attached hydrogens (tertiary/aromatic N) is 2. The highest BCUT2D eigenvalue weighted by molar-refractivity contribution is 14.0. The zero-order valence-corrected chi connectivity index (χ0v) is 12.9. The number of hydrogen-bond donors (Lipinski definition) is 2. The molecule has 100 valence electrons. The molecule has 2 unspecified atom stereocenters. The lowest BCUT2D eigenvalue weighted by Gasteiger charge is -2.35. The number of ether oxygens (including phenoxy) is 1. The Morgan fingerprint density at radius 3 is 3.06 bits per heavy atom. The zero-order valence-electron chi connectivity index (χ0n) is 10.6. The van der Waals surface area contributed by atoms with Crippen molar-refractivity contribution in [3.8, 4) is 0 Å². The van der Waals surface area contributed by atoms with E-state index in [0.717, 1.165) is 25.7 Å². The van der Waals surface area contributed by atoms with Crippen LogP contribution in [0.15, 0.2) is 4.99 Å². The number of morpholine rings is 1. The molecule has 5 nitrogen and oxygen atoms in total. The van der Waals surface area contributed by atoms with Gasteiger partial charge in [-0.25, -0.2) is 0 Å². The quantitative estimate of drug-likeness (QED) is 0.425. The van der Waals surface area contributed by atoms with Crippen LogP contribution in [0.3, 0.4) is 0 Å². The monoisotopic (exact) mass is 354 g/mol. The fourth-order valence-corrected chi connectivity index (χ4v) is 2.50. The van der Waals surface area contributed by atoms with Crippen LogP contribution in [-0.2, 0) is 4.74 Å². The molecule has 2 fully saturated rings. The van der Waals surface area contributed by atoms with Crippen molar-refractivity contribution >= 4 is 29.9 Å². The smallest absolute Gasteiger partial charge is 0.190 e. The summed E-state index contributed by atoms with van der Waals surface area (Å²) in [6.45, 7) is 4.02. The van der Waals surface area contributed by atoms with E-state index < -0.39 is 0 Å². The lowest BCUT2D eigenvalue weighted by atomic mass is 10.2. The molecule has 2 atom stereocenters. The molecule has 2 N–H and O–H groups in total. The molecule has 0 aromatic heterocycles. The van der Waals surface area contributed by atoms with Crippen LogP contribution >= 0.6 is 24.0 Å². The van der Waals surface area contributed by atoms with Gasteiger partial charge in [0.2, 0.25) is 0 Å². The van der Waals surface area contributed by atoms with E-state index in [-0.39, 0.29) is 24.0 Å². The van der Waals surface area contributed by atoms with E-state index in [2.05, 4.69) is 20.5 Å². The molecule has 2 saturated heterocycles. The first kappa shape index (κ1) is 15.0. The lowest BCUT2D eigenvalue weighted by Crippen LogP contribution is -2.51. The molecule has 0 spiro atoms. The molecule has 2 heterocycles. The third-order valence-corrected chi connectivity index (χ3v) is 3.42. The Kier molecular flexibility index (Phi) is 6.50. The number of aliphatic imine (C=N–C) groups is 1. The number of fused-ring (bicyclic) bond motifs is 1. The summed E-state index contributed by atoms with van der Waals surface area (Å²) in [5, 5.41) is 6.26. The molecule has 0 amide bonds. The van der Waals surface area contributed by atoms with Crippen LogP contribution in [0.5, 0.6) is 0 Å². The minimum atomic E-state index is 0. The highest BCUT2D eigenvalue weighted by Gasteiger charge is 2.31. The predicted octanol–water partition coefficient (Wildman–Crippen LogP) is 0.262. The summed E-state index contributed by atoms with van der Waals surface area (Å²) in [6.07, 6.45) is 2.92. The summed E-state index contributed by atoms with van der Waals surface area (Å²) < 4.78 is 5.84. The van der Waals surface area contributed by atoms with Crippen LogP contribution in [-0.4, -0.2) is 63.3 Å². The van der Waals surface area contributed by atoms with Gasteiger partial charge in [-0.3, -0.25) is 9.89 Å². The number of hydrogen-bond acceptors (Lipinski definition) is 3. The summed E-state index contributed by atoms with van der Waals surface area (Å²) in [5.41, 5.74) is 0. The lowest BCUT2D eigenvalue weighted by molar-refractivity contribution is -0.0452. The van der Waals surface area contributed by atoms with Gasteiger partial charge in [-0.15, -0.1) is 24.0 Å². The highest BCUT2D eigenvalue weighted by atomic mass is 127. The van der Waals surface area contributed by atoms with Gasteiger partial charge in [-0.2, -0.15) is 0 Å². The number of halogens is 1. The second kappa shape index (κ2) is 7.38. The van der Waals surface area contributed by atoms with Gasteiger partial charge in [0, 0.05) is 33.2 Å². The van der Waals surface area contributed by atoms with Crippen LogP contribution in [0.4, 0.5) is 0 Å². The van der Waals surface area contributed by atoms with Gasteiger partial charge in [0.1, 0.15) is 0 Å². The Morgan fingerprint density at radius 2 is 2.35 bits per heavy atom. The average molecular weight is 354 g/mol. The second-order valence-electron chi connectivity index (χ2n) is 4.45. The first-order valence-corrected chi connectivity index (χ1v) is 6.07. The fourth-order valence-electron chi connectivity index (χ4n) is 2.50. The van der Waals surface area contributed by atoms with E-state index in [1.807, 2.05) is 7.05 Å². The number of rotatable bonds is 2. The van der Waals surface area contributed by atoms with Gasteiger partial charge in [0.15, 0.2) is 5.96 Å². The first-order chi connectivity index (χ1) is 7.83. The Balaban J connectivity index is 0.00000144. The minimum absolute atomic E-state index is 0. The standard InChI is InChI=1S/C11H22N4O.HI/c1-12-11(13-2)14-6-10-7-15-5-3-4-9(15)8-16-10;/h9-10H,3-8H2,1-2H3,(H2,12,13,14);1H. The maximum absolute atomic E-state index is 5.84. The van der Waals surface area contributed by atoms with E-state index in [1.54, 1.807) is 7.05 Å². The molecule has 0 aliphatic carbocycles. The molecule has 17 heavy (non-hydrogen) atoms. The predicted molar refractivity (Wildman–Crippen MR) is 80.2 cm³/mol. The van der Waals surface area contributed by atoms with E-state index in [9.17, 15) is 0 Å². The van der Waals surface area contributed by atoms with Crippen LogP contribution in [0.1, 0.15) is 12.8 Å². The molecule has 6 heteroatoms. The molecule has 0 aromatic carbocycles. The van der Waals surface area contributed by atoms with E-state index in [0.29, 0.717) is 12.1 Å². The third kappa shape index (κ3) is 3.96. The van der Waals surface area contributed by atoms with Crippen molar-refractivity contribution in [3.05, 3.63) is 0 Å². The Hall–Kier alpha value is -0.0800. The van der Waals surface area contributed by atoms with Crippen molar-refractivity contribution in [2.45, 2.75) is 25.0 Å². The van der Waals surface area contributed by atoms with Crippen molar-refractivity contribution in [3.63, 3.8) is 0 Å². The van der Waals surface area contributed by atoms with Crippen molar-refractivity contribution in [2.24, 2.45) is 4.99 Å². The number of guanidine groups is 1.